The van der Waals surface area contributed by atoms with E-state index in [0.29, 0.717) is 10.8 Å². The molecule has 0 aromatic rings. The van der Waals surface area contributed by atoms with Gasteiger partial charge in [0.1, 0.15) is 0 Å². The molecule has 0 aliphatic heterocycles. The highest BCUT2D eigenvalue weighted by Gasteiger charge is 2.66. The van der Waals surface area contributed by atoms with E-state index in [1.54, 1.807) is 0 Å². The maximum atomic E-state index is 9.22. The van der Waals surface area contributed by atoms with Gasteiger partial charge in [-0.1, -0.05) is 32.9 Å². The van der Waals surface area contributed by atoms with Crippen molar-refractivity contribution in [3.05, 3.63) is 12.2 Å². The van der Waals surface area contributed by atoms with Gasteiger partial charge in [-0.25, -0.2) is 0 Å². The summed E-state index contributed by atoms with van der Waals surface area (Å²) in [5, 5.41) is 9.22. The van der Waals surface area contributed by atoms with E-state index in [9.17, 15) is 5.11 Å². The highest BCUT2D eigenvalue weighted by molar-refractivity contribution is 5.19. The standard InChI is InChI=1S/C14H24O/c1-10(15)6-5-7-11-8-12-9-14(12,4)13(11,2)3/h5,7,10-12,15H,6,8-9H2,1-4H3. The van der Waals surface area contributed by atoms with Crippen LogP contribution >= 0.6 is 0 Å². The van der Waals surface area contributed by atoms with E-state index in [1.807, 2.05) is 6.92 Å². The first-order valence-electron chi connectivity index (χ1n) is 6.22. The Kier molecular flexibility index (Phi) is 2.50. The van der Waals surface area contributed by atoms with Gasteiger partial charge in [0.15, 0.2) is 0 Å². The van der Waals surface area contributed by atoms with Gasteiger partial charge in [-0.15, -0.1) is 0 Å². The van der Waals surface area contributed by atoms with Crippen LogP contribution in [0.3, 0.4) is 0 Å². The minimum atomic E-state index is -0.198. The van der Waals surface area contributed by atoms with Crippen molar-refractivity contribution in [3.63, 3.8) is 0 Å². The van der Waals surface area contributed by atoms with E-state index in [0.717, 1.165) is 18.3 Å². The van der Waals surface area contributed by atoms with Crippen LogP contribution in [0.25, 0.3) is 0 Å². The molecule has 0 bridgehead atoms. The van der Waals surface area contributed by atoms with Crippen molar-refractivity contribution >= 4 is 0 Å². The minimum absolute atomic E-state index is 0.198. The summed E-state index contributed by atoms with van der Waals surface area (Å²) < 4.78 is 0. The van der Waals surface area contributed by atoms with E-state index in [4.69, 9.17) is 0 Å². The van der Waals surface area contributed by atoms with Crippen molar-refractivity contribution in [1.82, 2.24) is 0 Å². The molecule has 4 atom stereocenters. The van der Waals surface area contributed by atoms with E-state index < -0.39 is 0 Å². The van der Waals surface area contributed by atoms with Crippen LogP contribution in [0.4, 0.5) is 0 Å². The van der Waals surface area contributed by atoms with Crippen LogP contribution in [0.2, 0.25) is 0 Å². The molecule has 15 heavy (non-hydrogen) atoms. The molecule has 1 N–H and O–H groups in total. The molecule has 0 radical (unpaired) electrons. The van der Waals surface area contributed by atoms with Crippen molar-refractivity contribution in [2.45, 2.75) is 53.1 Å². The predicted molar refractivity (Wildman–Crippen MR) is 63.5 cm³/mol. The summed E-state index contributed by atoms with van der Waals surface area (Å²) in [5.41, 5.74) is 1.06. The maximum absolute atomic E-state index is 9.22. The van der Waals surface area contributed by atoms with E-state index >= 15 is 0 Å². The van der Waals surface area contributed by atoms with E-state index in [2.05, 4.69) is 32.9 Å². The van der Waals surface area contributed by atoms with Crippen LogP contribution in [0.1, 0.15) is 47.0 Å². The largest absolute Gasteiger partial charge is 0.393 e. The van der Waals surface area contributed by atoms with Crippen LogP contribution in [0, 0.1) is 22.7 Å². The van der Waals surface area contributed by atoms with Crippen LogP contribution in [0.5, 0.6) is 0 Å². The van der Waals surface area contributed by atoms with Gasteiger partial charge in [0.25, 0.3) is 0 Å². The normalized spacial score (nSPS) is 44.3. The molecule has 2 fully saturated rings. The van der Waals surface area contributed by atoms with E-state index in [1.165, 1.54) is 12.8 Å². The van der Waals surface area contributed by atoms with Gasteiger partial charge in [-0.05, 0) is 48.9 Å². The zero-order valence-corrected chi connectivity index (χ0v) is 10.5. The zero-order valence-electron chi connectivity index (χ0n) is 10.5. The number of hydrogen-bond donors (Lipinski definition) is 1. The van der Waals surface area contributed by atoms with Crippen molar-refractivity contribution in [1.29, 1.82) is 0 Å². The maximum Gasteiger partial charge on any atom is 0.0546 e. The fraction of sp³-hybridized carbons (Fsp3) is 0.857. The lowest BCUT2D eigenvalue weighted by atomic mass is 9.71. The predicted octanol–water partition coefficient (Wildman–Crippen LogP) is 3.39. The number of rotatable bonds is 3. The lowest BCUT2D eigenvalue weighted by molar-refractivity contribution is 0.177. The second kappa shape index (κ2) is 3.35. The Morgan fingerprint density at radius 2 is 2.07 bits per heavy atom. The van der Waals surface area contributed by atoms with Gasteiger partial charge in [-0.2, -0.15) is 0 Å². The Morgan fingerprint density at radius 1 is 1.40 bits per heavy atom. The minimum Gasteiger partial charge on any atom is -0.393 e. The Labute approximate surface area is 93.6 Å². The molecule has 2 rings (SSSR count). The van der Waals surface area contributed by atoms with Gasteiger partial charge in [-0.3, -0.25) is 0 Å². The third-order valence-electron chi connectivity index (χ3n) is 5.19. The SMILES string of the molecule is CC(O)CC=CC1CC2CC2(C)C1(C)C. The smallest absolute Gasteiger partial charge is 0.0546 e. The highest BCUT2D eigenvalue weighted by atomic mass is 16.3. The topological polar surface area (TPSA) is 20.2 Å². The lowest BCUT2D eigenvalue weighted by Gasteiger charge is -2.33. The lowest BCUT2D eigenvalue weighted by Crippen LogP contribution is -2.26. The van der Waals surface area contributed by atoms with Crippen LogP contribution in [-0.2, 0) is 0 Å². The third kappa shape index (κ3) is 1.65. The summed E-state index contributed by atoms with van der Waals surface area (Å²) in [7, 11) is 0. The molecular formula is C14H24O. The molecule has 0 aromatic heterocycles. The number of allylic oxidation sites excluding steroid dienone is 1. The molecule has 1 nitrogen and oxygen atoms in total. The third-order valence-corrected chi connectivity index (χ3v) is 5.19. The Morgan fingerprint density at radius 3 is 2.53 bits per heavy atom. The second-order valence-corrected chi connectivity index (χ2v) is 6.40. The summed E-state index contributed by atoms with van der Waals surface area (Å²) in [4.78, 5) is 0. The molecule has 2 saturated carbocycles. The summed E-state index contributed by atoms with van der Waals surface area (Å²) in [6.45, 7) is 9.12. The first kappa shape index (κ1) is 11.2. The quantitative estimate of drug-likeness (QED) is 0.705. The average Bonchev–Trinajstić information content (AvgIpc) is 2.71. The van der Waals surface area contributed by atoms with Crippen LogP contribution in [0.15, 0.2) is 12.2 Å². The summed E-state index contributed by atoms with van der Waals surface area (Å²) in [6.07, 6.45) is 7.92. The first-order valence-corrected chi connectivity index (χ1v) is 6.22. The molecule has 2 aliphatic rings. The molecule has 4 unspecified atom stereocenters. The monoisotopic (exact) mass is 208 g/mol. The molecular weight excluding hydrogens is 184 g/mol. The van der Waals surface area contributed by atoms with Crippen LogP contribution in [-0.4, -0.2) is 11.2 Å². The summed E-state index contributed by atoms with van der Waals surface area (Å²) >= 11 is 0. The Hall–Kier alpha value is -0.300. The average molecular weight is 208 g/mol. The highest BCUT2D eigenvalue weighted by Crippen LogP contribution is 2.74. The molecule has 1 heteroatoms. The van der Waals surface area contributed by atoms with Crippen molar-refractivity contribution < 1.29 is 5.11 Å². The van der Waals surface area contributed by atoms with Crippen molar-refractivity contribution in [2.75, 3.05) is 0 Å². The second-order valence-electron chi connectivity index (χ2n) is 6.40. The summed E-state index contributed by atoms with van der Waals surface area (Å²) in [6, 6.07) is 0. The van der Waals surface area contributed by atoms with Crippen molar-refractivity contribution in [2.24, 2.45) is 22.7 Å². The van der Waals surface area contributed by atoms with Gasteiger partial charge < -0.3 is 5.11 Å². The van der Waals surface area contributed by atoms with Gasteiger partial charge in [0, 0.05) is 0 Å². The number of aliphatic hydroxyl groups excluding tert-OH is 1. The fourth-order valence-corrected chi connectivity index (χ4v) is 3.37. The number of hydrogen-bond acceptors (Lipinski definition) is 1. The molecule has 0 amide bonds. The Balaban J connectivity index is 1.98. The Bertz CT molecular complexity index is 277. The van der Waals surface area contributed by atoms with E-state index in [-0.39, 0.29) is 6.10 Å². The molecule has 0 aromatic carbocycles. The van der Waals surface area contributed by atoms with Gasteiger partial charge in [0.05, 0.1) is 6.10 Å². The van der Waals surface area contributed by atoms with Gasteiger partial charge >= 0.3 is 0 Å². The van der Waals surface area contributed by atoms with Crippen molar-refractivity contribution in [3.8, 4) is 0 Å². The molecule has 0 saturated heterocycles. The van der Waals surface area contributed by atoms with Gasteiger partial charge in [0.2, 0.25) is 0 Å². The fourth-order valence-electron chi connectivity index (χ4n) is 3.37. The number of fused-ring (bicyclic) bond motifs is 1. The number of aliphatic hydroxyl groups is 1. The van der Waals surface area contributed by atoms with Crippen LogP contribution < -0.4 is 0 Å². The molecule has 0 spiro atoms. The molecule has 2 aliphatic carbocycles. The summed E-state index contributed by atoms with van der Waals surface area (Å²) in [5.74, 6) is 1.69. The molecule has 86 valence electrons. The zero-order chi connectivity index (χ0) is 11.3. The molecule has 0 heterocycles. The first-order chi connectivity index (χ1) is 6.88.